The van der Waals surface area contributed by atoms with Gasteiger partial charge in [-0.05, 0) is 5.56 Å². The van der Waals surface area contributed by atoms with Crippen LogP contribution in [-0.4, -0.2) is 57.7 Å². The van der Waals surface area contributed by atoms with Gasteiger partial charge in [-0.15, -0.1) is 0 Å². The molecule has 19 heavy (non-hydrogen) atoms. The van der Waals surface area contributed by atoms with E-state index >= 15 is 0 Å². The number of ether oxygens (including phenoxy) is 2. The van der Waals surface area contributed by atoms with Gasteiger partial charge < -0.3 is 29.9 Å². The first kappa shape index (κ1) is 14.4. The van der Waals surface area contributed by atoms with Gasteiger partial charge in [0, 0.05) is 0 Å². The van der Waals surface area contributed by atoms with Crippen molar-refractivity contribution in [3.8, 4) is 0 Å². The van der Waals surface area contributed by atoms with Crippen LogP contribution in [0.2, 0.25) is 0 Å². The second-order valence-electron chi connectivity index (χ2n) is 4.49. The van der Waals surface area contributed by atoms with Crippen LogP contribution in [0.15, 0.2) is 30.3 Å². The Kier molecular flexibility index (Phi) is 4.87. The van der Waals surface area contributed by atoms with E-state index in [4.69, 9.17) is 14.6 Å². The fourth-order valence-electron chi connectivity index (χ4n) is 1.96. The third-order valence-corrected chi connectivity index (χ3v) is 3.11. The highest BCUT2D eigenvalue weighted by atomic mass is 16.7. The van der Waals surface area contributed by atoms with E-state index in [9.17, 15) is 15.3 Å². The fourth-order valence-corrected chi connectivity index (χ4v) is 1.96. The van der Waals surface area contributed by atoms with Gasteiger partial charge in [0.05, 0.1) is 13.2 Å². The summed E-state index contributed by atoms with van der Waals surface area (Å²) in [7, 11) is 0. The van der Waals surface area contributed by atoms with Crippen molar-refractivity contribution >= 4 is 0 Å². The topological polar surface area (TPSA) is 99.4 Å². The van der Waals surface area contributed by atoms with Crippen molar-refractivity contribution in [3.05, 3.63) is 35.9 Å². The van der Waals surface area contributed by atoms with Crippen molar-refractivity contribution < 1.29 is 29.9 Å². The largest absolute Gasteiger partial charge is 0.394 e. The molecule has 5 atom stereocenters. The minimum Gasteiger partial charge on any atom is -0.394 e. The summed E-state index contributed by atoms with van der Waals surface area (Å²) < 4.78 is 10.6. The maximum atomic E-state index is 9.76. The van der Waals surface area contributed by atoms with Crippen molar-refractivity contribution in [3.63, 3.8) is 0 Å². The van der Waals surface area contributed by atoms with Crippen molar-refractivity contribution in [2.75, 3.05) is 6.61 Å². The number of aliphatic hydroxyl groups is 4. The van der Waals surface area contributed by atoms with Crippen LogP contribution in [0.25, 0.3) is 0 Å². The zero-order valence-electron chi connectivity index (χ0n) is 10.3. The van der Waals surface area contributed by atoms with Gasteiger partial charge in [-0.3, -0.25) is 0 Å². The third-order valence-electron chi connectivity index (χ3n) is 3.11. The minimum atomic E-state index is -1.41. The van der Waals surface area contributed by atoms with Crippen LogP contribution in [0.3, 0.4) is 0 Å². The van der Waals surface area contributed by atoms with Gasteiger partial charge in [0.25, 0.3) is 0 Å². The van der Waals surface area contributed by atoms with E-state index < -0.39 is 37.3 Å². The van der Waals surface area contributed by atoms with E-state index in [1.54, 1.807) is 0 Å². The first-order chi connectivity index (χ1) is 9.13. The highest BCUT2D eigenvalue weighted by Gasteiger charge is 2.43. The monoisotopic (exact) mass is 270 g/mol. The Bertz CT molecular complexity index is 382. The van der Waals surface area contributed by atoms with Crippen LogP contribution in [0.1, 0.15) is 5.56 Å². The smallest absolute Gasteiger partial charge is 0.187 e. The summed E-state index contributed by atoms with van der Waals surface area (Å²) >= 11 is 0. The van der Waals surface area contributed by atoms with Crippen LogP contribution in [-0.2, 0) is 16.1 Å². The molecule has 0 amide bonds. The van der Waals surface area contributed by atoms with Crippen molar-refractivity contribution in [2.45, 2.75) is 37.3 Å². The van der Waals surface area contributed by atoms with Crippen LogP contribution >= 0.6 is 0 Å². The van der Waals surface area contributed by atoms with E-state index in [-0.39, 0.29) is 6.61 Å². The molecule has 1 fully saturated rings. The SMILES string of the molecule is OCC1OC(OCc2ccccc2)C(O)[C@@H](O)[C@@H]1O. The summed E-state index contributed by atoms with van der Waals surface area (Å²) in [4.78, 5) is 0. The Hall–Kier alpha value is -1.02. The molecule has 6 nitrogen and oxygen atoms in total. The molecule has 2 rings (SSSR count). The van der Waals surface area contributed by atoms with Crippen molar-refractivity contribution in [1.29, 1.82) is 0 Å². The highest BCUT2D eigenvalue weighted by molar-refractivity contribution is 5.13. The van der Waals surface area contributed by atoms with Crippen LogP contribution in [0.4, 0.5) is 0 Å². The van der Waals surface area contributed by atoms with Crippen LogP contribution in [0.5, 0.6) is 0 Å². The summed E-state index contributed by atoms with van der Waals surface area (Å²) in [6, 6.07) is 9.28. The Morgan fingerprint density at radius 3 is 2.32 bits per heavy atom. The maximum Gasteiger partial charge on any atom is 0.187 e. The third kappa shape index (κ3) is 3.30. The van der Waals surface area contributed by atoms with Gasteiger partial charge in [0.15, 0.2) is 6.29 Å². The number of hydrogen-bond donors (Lipinski definition) is 4. The molecule has 106 valence electrons. The summed E-state index contributed by atoms with van der Waals surface area (Å²) in [5.74, 6) is 0. The summed E-state index contributed by atoms with van der Waals surface area (Å²) in [5, 5.41) is 38.0. The average Bonchev–Trinajstić information content (AvgIpc) is 2.45. The van der Waals surface area contributed by atoms with Crippen LogP contribution < -0.4 is 0 Å². The van der Waals surface area contributed by atoms with Crippen molar-refractivity contribution in [1.82, 2.24) is 0 Å². The number of benzene rings is 1. The molecule has 1 aliphatic heterocycles. The minimum absolute atomic E-state index is 0.198. The normalized spacial score (nSPS) is 35.3. The van der Waals surface area contributed by atoms with Crippen LogP contribution in [0, 0.1) is 0 Å². The fraction of sp³-hybridized carbons (Fsp3) is 0.538. The zero-order chi connectivity index (χ0) is 13.8. The van der Waals surface area contributed by atoms with Gasteiger partial charge in [-0.2, -0.15) is 0 Å². The van der Waals surface area contributed by atoms with E-state index in [0.29, 0.717) is 0 Å². The van der Waals surface area contributed by atoms with Gasteiger partial charge in [-0.1, -0.05) is 30.3 Å². The molecule has 1 aromatic carbocycles. The molecule has 1 aliphatic rings. The lowest BCUT2D eigenvalue weighted by molar-refractivity contribution is -0.304. The second kappa shape index (κ2) is 6.42. The first-order valence-corrected chi connectivity index (χ1v) is 6.09. The molecule has 0 aromatic heterocycles. The predicted molar refractivity (Wildman–Crippen MR) is 65.0 cm³/mol. The number of rotatable bonds is 4. The molecule has 1 saturated heterocycles. The molecule has 0 radical (unpaired) electrons. The van der Waals surface area contributed by atoms with Gasteiger partial charge in [0.2, 0.25) is 0 Å². The maximum absolute atomic E-state index is 9.76. The number of hydrogen-bond acceptors (Lipinski definition) is 6. The van der Waals surface area contributed by atoms with E-state index in [2.05, 4.69) is 0 Å². The zero-order valence-corrected chi connectivity index (χ0v) is 10.3. The Balaban J connectivity index is 1.95. The van der Waals surface area contributed by atoms with Crippen molar-refractivity contribution in [2.24, 2.45) is 0 Å². The molecule has 4 N–H and O–H groups in total. The molecule has 0 aliphatic carbocycles. The summed E-state index contributed by atoms with van der Waals surface area (Å²) in [5.41, 5.74) is 0.888. The Morgan fingerprint density at radius 1 is 1.00 bits per heavy atom. The molecule has 0 saturated carbocycles. The molecule has 0 bridgehead atoms. The van der Waals surface area contributed by atoms with E-state index in [1.165, 1.54) is 0 Å². The quantitative estimate of drug-likeness (QED) is 0.560. The second-order valence-corrected chi connectivity index (χ2v) is 4.49. The lowest BCUT2D eigenvalue weighted by Crippen LogP contribution is -2.59. The Labute approximate surface area is 110 Å². The summed E-state index contributed by atoms with van der Waals surface area (Å²) in [6.45, 7) is -0.264. The molecule has 0 spiro atoms. The molecular formula is C13H18O6. The highest BCUT2D eigenvalue weighted by Crippen LogP contribution is 2.22. The molecule has 1 heterocycles. The van der Waals surface area contributed by atoms with E-state index in [1.807, 2.05) is 30.3 Å². The molecule has 6 heteroatoms. The van der Waals surface area contributed by atoms with Gasteiger partial charge >= 0.3 is 0 Å². The first-order valence-electron chi connectivity index (χ1n) is 6.09. The standard InChI is InChI=1S/C13H18O6/c14-6-9-10(15)11(16)12(17)13(19-9)18-7-8-4-2-1-3-5-8/h1-5,9-17H,6-7H2/t9?,10-,11+,12?,13?/m1/s1. The van der Waals surface area contributed by atoms with Gasteiger partial charge in [-0.25, -0.2) is 0 Å². The summed E-state index contributed by atoms with van der Waals surface area (Å²) in [6.07, 6.45) is -6.17. The van der Waals surface area contributed by atoms with E-state index in [0.717, 1.165) is 5.56 Å². The van der Waals surface area contributed by atoms with Gasteiger partial charge in [0.1, 0.15) is 24.4 Å². The lowest BCUT2D eigenvalue weighted by atomic mass is 9.99. The Morgan fingerprint density at radius 2 is 1.68 bits per heavy atom. The predicted octanol–water partition coefficient (Wildman–Crippen LogP) is -0.997. The molecule has 1 aromatic rings. The average molecular weight is 270 g/mol. The lowest BCUT2D eigenvalue weighted by Gasteiger charge is -2.39. The number of aliphatic hydroxyl groups excluding tert-OH is 4. The molecular weight excluding hydrogens is 252 g/mol. The molecule has 3 unspecified atom stereocenters.